The monoisotopic (exact) mass is 443 g/mol. The molecule has 4 nitrogen and oxygen atoms in total. The fourth-order valence-corrected chi connectivity index (χ4v) is 3.49. The predicted molar refractivity (Wildman–Crippen MR) is 113 cm³/mol. The van der Waals surface area contributed by atoms with Gasteiger partial charge >= 0.3 is 5.97 Å². The van der Waals surface area contributed by atoms with Crippen molar-refractivity contribution in [1.82, 2.24) is 4.98 Å². The van der Waals surface area contributed by atoms with E-state index in [0.29, 0.717) is 13.0 Å². The molecule has 0 atom stereocenters. The summed E-state index contributed by atoms with van der Waals surface area (Å²) in [7, 11) is 0. The number of carboxylic acid groups (broad SMARTS) is 1. The number of aliphatic carboxylic acids is 1. The number of hydrogen-bond acceptors (Lipinski definition) is 4. The van der Waals surface area contributed by atoms with E-state index in [2.05, 4.69) is 27.0 Å². The Morgan fingerprint density at radius 2 is 2.04 bits per heavy atom. The second-order valence-electron chi connectivity index (χ2n) is 5.81. The number of benzene rings is 2. The fourth-order valence-electron chi connectivity index (χ4n) is 2.43. The number of thioether (sulfide) groups is 1. The quantitative estimate of drug-likeness (QED) is 0.341. The van der Waals surface area contributed by atoms with Gasteiger partial charge in [0.1, 0.15) is 5.75 Å². The van der Waals surface area contributed by atoms with Crippen LogP contribution in [-0.2, 0) is 4.79 Å². The molecular weight excluding hydrogens is 426 g/mol. The van der Waals surface area contributed by atoms with Crippen LogP contribution in [0.2, 0.25) is 0 Å². The van der Waals surface area contributed by atoms with E-state index in [1.165, 1.54) is 0 Å². The number of carboxylic acids is 1. The lowest BCUT2D eigenvalue weighted by Gasteiger charge is -2.06. The van der Waals surface area contributed by atoms with Gasteiger partial charge in [-0.15, -0.1) is 0 Å². The normalized spacial score (nSPS) is 11.1. The van der Waals surface area contributed by atoms with Gasteiger partial charge in [-0.1, -0.05) is 45.9 Å². The highest BCUT2D eigenvalue weighted by Gasteiger charge is 2.00. The lowest BCUT2D eigenvalue weighted by Crippen LogP contribution is -2.01. The smallest absolute Gasteiger partial charge is 0.303 e. The molecule has 1 N–H and O–H groups in total. The second kappa shape index (κ2) is 9.58. The van der Waals surface area contributed by atoms with Crippen LogP contribution in [0.15, 0.2) is 69.4 Å². The van der Waals surface area contributed by atoms with Crippen molar-refractivity contribution in [3.8, 4) is 5.75 Å². The van der Waals surface area contributed by atoms with E-state index >= 15 is 0 Å². The van der Waals surface area contributed by atoms with Crippen LogP contribution in [-0.4, -0.2) is 22.7 Å². The Morgan fingerprint density at radius 1 is 1.19 bits per heavy atom. The second-order valence-corrected chi connectivity index (χ2v) is 7.71. The molecule has 1 aromatic heterocycles. The topological polar surface area (TPSA) is 59.4 Å². The maximum Gasteiger partial charge on any atom is 0.303 e. The van der Waals surface area contributed by atoms with Gasteiger partial charge in [0.2, 0.25) is 0 Å². The molecule has 0 spiro atoms. The summed E-state index contributed by atoms with van der Waals surface area (Å²) in [4.78, 5) is 16.2. The Hall–Kier alpha value is -2.31. The molecule has 2 aromatic carbocycles. The first-order valence-electron chi connectivity index (χ1n) is 8.44. The SMILES string of the molecule is O=C(O)CCCOc1cccc(S/C=C/c2ccc3ccc(Br)cc3n2)c1. The average Bonchev–Trinajstić information content (AvgIpc) is 2.65. The van der Waals surface area contributed by atoms with Crippen LogP contribution in [0.3, 0.4) is 0 Å². The standard InChI is InChI=1S/C21H18BrNO3S/c22-16-8-6-15-7-9-17(23-20(15)13-16)10-12-27-19-4-1-3-18(14-19)26-11-2-5-21(24)25/h1,3-4,6-10,12-14H,2,5,11H2,(H,24,25)/b12-10+. The van der Waals surface area contributed by atoms with E-state index < -0.39 is 5.97 Å². The summed E-state index contributed by atoms with van der Waals surface area (Å²) in [6.07, 6.45) is 2.59. The zero-order valence-corrected chi connectivity index (χ0v) is 16.9. The molecule has 0 fully saturated rings. The van der Waals surface area contributed by atoms with Crippen LogP contribution in [0.5, 0.6) is 5.75 Å². The van der Waals surface area contributed by atoms with E-state index in [-0.39, 0.29) is 6.42 Å². The predicted octanol–water partition coefficient (Wildman–Crippen LogP) is 6.00. The van der Waals surface area contributed by atoms with E-state index in [9.17, 15) is 4.79 Å². The first-order chi connectivity index (χ1) is 13.1. The first kappa shape index (κ1) is 19.5. The van der Waals surface area contributed by atoms with E-state index in [1.807, 2.05) is 60.0 Å². The third-order valence-electron chi connectivity index (χ3n) is 3.73. The molecule has 0 aliphatic heterocycles. The highest BCUT2D eigenvalue weighted by atomic mass is 79.9. The molecule has 138 valence electrons. The number of hydrogen-bond donors (Lipinski definition) is 1. The summed E-state index contributed by atoms with van der Waals surface area (Å²) in [5, 5.41) is 11.7. The molecule has 3 aromatic rings. The van der Waals surface area contributed by atoms with Gasteiger partial charge in [0.15, 0.2) is 0 Å². The molecule has 0 unspecified atom stereocenters. The molecule has 1 heterocycles. The Kier molecular flexibility index (Phi) is 6.90. The molecule has 0 amide bonds. The third kappa shape index (κ3) is 6.12. The van der Waals surface area contributed by atoms with Gasteiger partial charge in [-0.25, -0.2) is 4.98 Å². The van der Waals surface area contributed by atoms with Gasteiger partial charge in [0.25, 0.3) is 0 Å². The van der Waals surface area contributed by atoms with Crippen LogP contribution in [0, 0.1) is 0 Å². The zero-order chi connectivity index (χ0) is 19.1. The Morgan fingerprint density at radius 3 is 2.89 bits per heavy atom. The summed E-state index contributed by atoms with van der Waals surface area (Å²) in [5.74, 6) is -0.0600. The van der Waals surface area contributed by atoms with Crippen molar-refractivity contribution in [2.75, 3.05) is 6.61 Å². The average molecular weight is 444 g/mol. The number of ether oxygens (including phenoxy) is 1. The Labute approximate surface area is 170 Å². The number of carbonyl (C=O) groups is 1. The van der Waals surface area contributed by atoms with Gasteiger partial charge in [0, 0.05) is 21.2 Å². The first-order valence-corrected chi connectivity index (χ1v) is 10.1. The zero-order valence-electron chi connectivity index (χ0n) is 14.5. The summed E-state index contributed by atoms with van der Waals surface area (Å²) in [6.45, 7) is 0.396. The number of aromatic nitrogens is 1. The van der Waals surface area contributed by atoms with Gasteiger partial charge < -0.3 is 9.84 Å². The van der Waals surface area contributed by atoms with E-state index in [0.717, 1.165) is 31.7 Å². The van der Waals surface area contributed by atoms with Crippen molar-refractivity contribution < 1.29 is 14.6 Å². The van der Waals surface area contributed by atoms with Crippen LogP contribution in [0.25, 0.3) is 17.0 Å². The molecule has 6 heteroatoms. The number of pyridine rings is 1. The van der Waals surface area contributed by atoms with Crippen molar-refractivity contribution in [2.24, 2.45) is 0 Å². The highest BCUT2D eigenvalue weighted by Crippen LogP contribution is 2.25. The van der Waals surface area contributed by atoms with Crippen LogP contribution in [0.4, 0.5) is 0 Å². The molecule has 27 heavy (non-hydrogen) atoms. The highest BCUT2D eigenvalue weighted by molar-refractivity contribution is 9.10. The minimum Gasteiger partial charge on any atom is -0.494 e. The molecule has 0 aliphatic carbocycles. The summed E-state index contributed by atoms with van der Waals surface area (Å²) in [5.41, 5.74) is 1.85. The molecular formula is C21H18BrNO3S. The van der Waals surface area contributed by atoms with Gasteiger partial charge in [-0.3, -0.25) is 4.79 Å². The largest absolute Gasteiger partial charge is 0.494 e. The van der Waals surface area contributed by atoms with Crippen molar-refractivity contribution in [3.63, 3.8) is 0 Å². The van der Waals surface area contributed by atoms with E-state index in [4.69, 9.17) is 9.84 Å². The lowest BCUT2D eigenvalue weighted by molar-refractivity contribution is -0.137. The lowest BCUT2D eigenvalue weighted by atomic mass is 10.2. The molecule has 0 saturated carbocycles. The Balaban J connectivity index is 1.59. The van der Waals surface area contributed by atoms with Crippen molar-refractivity contribution in [1.29, 1.82) is 0 Å². The van der Waals surface area contributed by atoms with Gasteiger partial charge in [-0.05, 0) is 54.3 Å². The fraction of sp³-hybridized carbons (Fsp3) is 0.143. The number of halogens is 1. The number of fused-ring (bicyclic) bond motifs is 1. The molecule has 0 saturated heterocycles. The maximum atomic E-state index is 10.5. The number of rotatable bonds is 8. The Bertz CT molecular complexity index is 975. The maximum absolute atomic E-state index is 10.5. The summed E-state index contributed by atoms with van der Waals surface area (Å²) in [6, 6.07) is 17.9. The summed E-state index contributed by atoms with van der Waals surface area (Å²) < 4.78 is 6.62. The van der Waals surface area contributed by atoms with Gasteiger partial charge in [-0.2, -0.15) is 0 Å². The van der Waals surface area contributed by atoms with Crippen LogP contribution >= 0.6 is 27.7 Å². The molecule has 3 rings (SSSR count). The molecule has 0 aliphatic rings. The van der Waals surface area contributed by atoms with Crippen molar-refractivity contribution in [3.05, 3.63) is 70.2 Å². The molecule has 0 bridgehead atoms. The minimum absolute atomic E-state index is 0.118. The van der Waals surface area contributed by atoms with Crippen LogP contribution < -0.4 is 4.74 Å². The third-order valence-corrected chi connectivity index (χ3v) is 5.02. The van der Waals surface area contributed by atoms with E-state index in [1.54, 1.807) is 11.8 Å². The van der Waals surface area contributed by atoms with Crippen LogP contribution in [0.1, 0.15) is 18.5 Å². The van der Waals surface area contributed by atoms with Gasteiger partial charge in [0.05, 0.1) is 17.8 Å². The van der Waals surface area contributed by atoms with Crippen molar-refractivity contribution >= 4 is 50.6 Å². The number of nitrogens with zero attached hydrogens (tertiary/aromatic N) is 1. The summed E-state index contributed by atoms with van der Waals surface area (Å²) >= 11 is 5.05. The van der Waals surface area contributed by atoms with Crippen molar-refractivity contribution in [2.45, 2.75) is 17.7 Å². The molecule has 0 radical (unpaired) electrons. The minimum atomic E-state index is -0.803.